The normalized spacial score (nSPS) is 18.6. The molecule has 0 bridgehead atoms. The predicted octanol–water partition coefficient (Wildman–Crippen LogP) is 3.64. The van der Waals surface area contributed by atoms with Gasteiger partial charge in [-0.15, -0.1) is 0 Å². The molecule has 35 heavy (non-hydrogen) atoms. The molecule has 1 saturated carbocycles. The Morgan fingerprint density at radius 1 is 1.14 bits per heavy atom. The Hall–Kier alpha value is -2.97. The van der Waals surface area contributed by atoms with E-state index in [9.17, 15) is 9.59 Å². The molecule has 2 aromatic rings. The smallest absolute Gasteiger partial charge is 0.227 e. The van der Waals surface area contributed by atoms with E-state index in [-0.39, 0.29) is 18.2 Å². The van der Waals surface area contributed by atoms with Crippen molar-refractivity contribution in [1.82, 2.24) is 25.8 Å². The van der Waals surface area contributed by atoms with Crippen LogP contribution in [0.1, 0.15) is 88.9 Å². The van der Waals surface area contributed by atoms with Gasteiger partial charge in [-0.05, 0) is 43.2 Å². The van der Waals surface area contributed by atoms with E-state index >= 15 is 0 Å². The molecular weight excluding hydrogens is 444 g/mol. The van der Waals surface area contributed by atoms with Gasteiger partial charge in [0.05, 0.1) is 0 Å². The zero-order chi connectivity index (χ0) is 24.7. The zero-order valence-electron chi connectivity index (χ0n) is 21.0. The van der Waals surface area contributed by atoms with Crippen LogP contribution in [0.2, 0.25) is 0 Å². The third-order valence-corrected chi connectivity index (χ3v) is 7.24. The zero-order valence-corrected chi connectivity index (χ0v) is 21.0. The molecule has 0 atom stereocenters. The fourth-order valence-corrected chi connectivity index (χ4v) is 5.08. The lowest BCUT2D eigenvalue weighted by Crippen LogP contribution is -2.45. The number of rotatable bonds is 8. The van der Waals surface area contributed by atoms with Crippen LogP contribution < -0.4 is 15.5 Å². The van der Waals surface area contributed by atoms with Gasteiger partial charge in [-0.1, -0.05) is 43.8 Å². The van der Waals surface area contributed by atoms with Gasteiger partial charge in [0.1, 0.15) is 11.4 Å². The standard InChI is InChI=1S/C26H38N6O3/c1-19-11-15-32(16-12-19)22-8-7-21(17-27-22)18-28-23(34)9-10-24-29-25(31-35-24)26(30-20(2)33)13-5-3-4-6-14-26/h7-8,17,19H,3-6,9-16,18H2,1-2H3,(H,28,34)(H,30,33). The molecule has 2 aliphatic rings. The van der Waals surface area contributed by atoms with Gasteiger partial charge in [-0.3, -0.25) is 9.59 Å². The first kappa shape index (κ1) is 25.1. The van der Waals surface area contributed by atoms with Crippen molar-refractivity contribution in [3.05, 3.63) is 35.6 Å². The molecule has 2 aromatic heterocycles. The highest BCUT2D eigenvalue weighted by atomic mass is 16.5. The number of aryl methyl sites for hydroxylation is 1. The molecule has 3 heterocycles. The van der Waals surface area contributed by atoms with Gasteiger partial charge in [-0.2, -0.15) is 4.98 Å². The number of piperidine rings is 1. The topological polar surface area (TPSA) is 113 Å². The minimum Gasteiger partial charge on any atom is -0.357 e. The summed E-state index contributed by atoms with van der Waals surface area (Å²) in [5.41, 5.74) is 0.399. The van der Waals surface area contributed by atoms with E-state index in [4.69, 9.17) is 4.52 Å². The van der Waals surface area contributed by atoms with Crippen molar-refractivity contribution in [2.24, 2.45) is 5.92 Å². The van der Waals surface area contributed by atoms with Crippen LogP contribution in [-0.2, 0) is 28.1 Å². The van der Waals surface area contributed by atoms with E-state index in [2.05, 4.69) is 37.6 Å². The van der Waals surface area contributed by atoms with Crippen molar-refractivity contribution >= 4 is 17.6 Å². The molecule has 0 unspecified atom stereocenters. The fraction of sp³-hybridized carbons (Fsp3) is 0.654. The molecule has 2 N–H and O–H groups in total. The quantitative estimate of drug-likeness (QED) is 0.552. The van der Waals surface area contributed by atoms with Crippen molar-refractivity contribution < 1.29 is 14.1 Å². The molecule has 9 heteroatoms. The molecule has 1 aliphatic heterocycles. The molecule has 1 saturated heterocycles. The van der Waals surface area contributed by atoms with Gasteiger partial charge in [0.15, 0.2) is 5.82 Å². The number of aromatic nitrogens is 3. The number of amides is 2. The molecule has 2 fully saturated rings. The first-order valence-corrected chi connectivity index (χ1v) is 13.0. The van der Waals surface area contributed by atoms with Gasteiger partial charge in [0, 0.05) is 45.6 Å². The Morgan fingerprint density at radius 2 is 1.89 bits per heavy atom. The van der Waals surface area contributed by atoms with Crippen molar-refractivity contribution in [2.75, 3.05) is 18.0 Å². The summed E-state index contributed by atoms with van der Waals surface area (Å²) in [5, 5.41) is 10.2. The first-order chi connectivity index (χ1) is 16.9. The van der Waals surface area contributed by atoms with Crippen molar-refractivity contribution in [2.45, 2.75) is 90.1 Å². The maximum atomic E-state index is 12.4. The van der Waals surface area contributed by atoms with Crippen LogP contribution in [0.5, 0.6) is 0 Å². The number of hydrogen-bond acceptors (Lipinski definition) is 7. The van der Waals surface area contributed by atoms with E-state index < -0.39 is 5.54 Å². The second kappa shape index (κ2) is 11.6. The van der Waals surface area contributed by atoms with Gasteiger partial charge in [0.25, 0.3) is 0 Å². The van der Waals surface area contributed by atoms with Crippen LogP contribution in [0.3, 0.4) is 0 Å². The van der Waals surface area contributed by atoms with E-state index in [1.165, 1.54) is 19.8 Å². The van der Waals surface area contributed by atoms with Crippen molar-refractivity contribution in [3.63, 3.8) is 0 Å². The van der Waals surface area contributed by atoms with Gasteiger partial charge >= 0.3 is 0 Å². The highest BCUT2D eigenvalue weighted by molar-refractivity contribution is 5.76. The summed E-state index contributed by atoms with van der Waals surface area (Å²) < 4.78 is 5.45. The molecule has 0 radical (unpaired) electrons. The lowest BCUT2D eigenvalue weighted by atomic mass is 9.89. The third kappa shape index (κ3) is 6.80. The number of nitrogens with zero attached hydrogens (tertiary/aromatic N) is 4. The molecular formula is C26H38N6O3. The minimum atomic E-state index is -0.571. The van der Waals surface area contributed by atoms with E-state index in [0.717, 1.165) is 68.9 Å². The number of pyridine rings is 1. The van der Waals surface area contributed by atoms with Crippen LogP contribution in [-0.4, -0.2) is 40.0 Å². The maximum Gasteiger partial charge on any atom is 0.227 e. The lowest BCUT2D eigenvalue weighted by Gasteiger charge is -2.31. The second-order valence-corrected chi connectivity index (χ2v) is 10.2. The maximum absolute atomic E-state index is 12.4. The Morgan fingerprint density at radius 3 is 2.54 bits per heavy atom. The van der Waals surface area contributed by atoms with Gasteiger partial charge in [-0.25, -0.2) is 4.98 Å². The van der Waals surface area contributed by atoms with Crippen LogP contribution >= 0.6 is 0 Å². The Bertz CT molecular complexity index is 973. The van der Waals surface area contributed by atoms with Crippen LogP contribution in [0.4, 0.5) is 5.82 Å². The Labute approximate surface area is 207 Å². The van der Waals surface area contributed by atoms with Gasteiger partial charge < -0.3 is 20.1 Å². The molecule has 190 valence electrons. The van der Waals surface area contributed by atoms with Crippen molar-refractivity contribution in [1.29, 1.82) is 0 Å². The summed E-state index contributed by atoms with van der Waals surface area (Å²) >= 11 is 0. The highest BCUT2D eigenvalue weighted by Crippen LogP contribution is 2.34. The Kier molecular flexibility index (Phi) is 8.36. The predicted molar refractivity (Wildman–Crippen MR) is 133 cm³/mol. The largest absolute Gasteiger partial charge is 0.357 e. The molecule has 2 amide bonds. The number of nitrogens with one attached hydrogen (secondary N) is 2. The molecule has 4 rings (SSSR count). The highest BCUT2D eigenvalue weighted by Gasteiger charge is 2.38. The van der Waals surface area contributed by atoms with Crippen molar-refractivity contribution in [3.8, 4) is 0 Å². The summed E-state index contributed by atoms with van der Waals surface area (Å²) in [6.45, 7) is 6.36. The van der Waals surface area contributed by atoms with E-state index in [0.29, 0.717) is 24.7 Å². The summed E-state index contributed by atoms with van der Waals surface area (Å²) in [7, 11) is 0. The Balaban J connectivity index is 1.26. The van der Waals surface area contributed by atoms with Crippen LogP contribution in [0, 0.1) is 5.92 Å². The van der Waals surface area contributed by atoms with Crippen LogP contribution in [0.25, 0.3) is 0 Å². The second-order valence-electron chi connectivity index (χ2n) is 10.2. The van der Waals surface area contributed by atoms with E-state index in [1.807, 2.05) is 18.3 Å². The minimum absolute atomic E-state index is 0.0788. The van der Waals surface area contributed by atoms with Gasteiger partial charge in [0.2, 0.25) is 17.7 Å². The lowest BCUT2D eigenvalue weighted by molar-refractivity contribution is -0.122. The van der Waals surface area contributed by atoms with Crippen LogP contribution in [0.15, 0.2) is 22.9 Å². The number of anilines is 1. The number of hydrogen-bond donors (Lipinski definition) is 2. The molecule has 0 spiro atoms. The average Bonchev–Trinajstić information content (AvgIpc) is 3.22. The SMILES string of the molecule is CC(=O)NC1(c2noc(CCC(=O)NCc3ccc(N4CCC(C)CC4)nc3)n2)CCCCCC1. The summed E-state index contributed by atoms with van der Waals surface area (Å²) in [6.07, 6.45) is 10.8. The summed E-state index contributed by atoms with van der Waals surface area (Å²) in [4.78, 5) is 35.8. The number of carbonyl (C=O) groups excluding carboxylic acids is 2. The van der Waals surface area contributed by atoms with E-state index in [1.54, 1.807) is 0 Å². The average molecular weight is 483 g/mol. The molecule has 1 aliphatic carbocycles. The number of carbonyl (C=O) groups is 2. The third-order valence-electron chi connectivity index (χ3n) is 7.24. The molecule has 0 aromatic carbocycles. The molecule has 9 nitrogen and oxygen atoms in total. The first-order valence-electron chi connectivity index (χ1n) is 13.0. The summed E-state index contributed by atoms with van der Waals surface area (Å²) in [6, 6.07) is 4.06. The summed E-state index contributed by atoms with van der Waals surface area (Å²) in [5.74, 6) is 2.57. The monoisotopic (exact) mass is 482 g/mol. The fourth-order valence-electron chi connectivity index (χ4n) is 5.08.